The fourth-order valence-corrected chi connectivity index (χ4v) is 3.15. The molecule has 7 nitrogen and oxygen atoms in total. The normalized spacial score (nSPS) is 11.8. The summed E-state index contributed by atoms with van der Waals surface area (Å²) >= 11 is 0. The lowest BCUT2D eigenvalue weighted by Gasteiger charge is -2.05. The Labute approximate surface area is 125 Å². The molecule has 0 aliphatic carbocycles. The monoisotopic (exact) mass is 311 g/mol. The predicted octanol–water partition coefficient (Wildman–Crippen LogP) is 1.15. The molecular weight excluding hydrogens is 290 g/mol. The van der Waals surface area contributed by atoms with Crippen LogP contribution < -0.4 is 10.0 Å². The standard InChI is InChI=1S/C13H21N5O2S/c1-4-14-8-12-6-13(10-18(12)5-2)21(19,20)16-11-7-15-17(3)9-11/h6-7,9-10,14,16H,4-5,8H2,1-3H3. The minimum atomic E-state index is -3.59. The fraction of sp³-hybridized carbons (Fsp3) is 0.462. The van der Waals surface area contributed by atoms with Crippen molar-refractivity contribution in [1.82, 2.24) is 19.7 Å². The number of aryl methyl sites for hydroxylation is 2. The van der Waals surface area contributed by atoms with Crippen LogP contribution in [0.3, 0.4) is 0 Å². The van der Waals surface area contributed by atoms with Crippen LogP contribution in [0.1, 0.15) is 19.5 Å². The number of nitrogens with one attached hydrogen (secondary N) is 2. The number of hydrogen-bond acceptors (Lipinski definition) is 4. The second-order valence-corrected chi connectivity index (χ2v) is 6.42. The third-order valence-electron chi connectivity index (χ3n) is 3.13. The summed E-state index contributed by atoms with van der Waals surface area (Å²) in [5, 5.41) is 7.16. The van der Waals surface area contributed by atoms with Crippen LogP contribution in [0.25, 0.3) is 0 Å². The maximum Gasteiger partial charge on any atom is 0.263 e. The average Bonchev–Trinajstić information content (AvgIpc) is 3.02. The van der Waals surface area contributed by atoms with E-state index in [4.69, 9.17) is 0 Å². The van der Waals surface area contributed by atoms with E-state index in [-0.39, 0.29) is 4.90 Å². The number of hydrogen-bond donors (Lipinski definition) is 2. The highest BCUT2D eigenvalue weighted by Crippen LogP contribution is 2.18. The Morgan fingerprint density at radius 3 is 2.62 bits per heavy atom. The molecule has 2 N–H and O–H groups in total. The van der Waals surface area contributed by atoms with Gasteiger partial charge in [-0.3, -0.25) is 9.40 Å². The lowest BCUT2D eigenvalue weighted by molar-refractivity contribution is 0.600. The molecule has 2 aromatic rings. The van der Waals surface area contributed by atoms with Crippen molar-refractivity contribution in [2.45, 2.75) is 31.8 Å². The number of anilines is 1. The van der Waals surface area contributed by atoms with Crippen molar-refractivity contribution < 1.29 is 8.42 Å². The zero-order chi connectivity index (χ0) is 15.5. The molecule has 0 saturated carbocycles. The topological polar surface area (TPSA) is 81.0 Å². The Kier molecular flexibility index (Phi) is 4.69. The molecule has 2 heterocycles. The minimum Gasteiger partial charge on any atom is -0.349 e. The molecule has 21 heavy (non-hydrogen) atoms. The average molecular weight is 311 g/mol. The molecule has 0 saturated heterocycles. The molecule has 2 rings (SSSR count). The summed E-state index contributed by atoms with van der Waals surface area (Å²) in [5.41, 5.74) is 1.40. The van der Waals surface area contributed by atoms with Gasteiger partial charge in [-0.05, 0) is 19.5 Å². The van der Waals surface area contributed by atoms with Gasteiger partial charge in [0, 0.05) is 38.2 Å². The van der Waals surface area contributed by atoms with E-state index in [2.05, 4.69) is 15.1 Å². The molecule has 0 fully saturated rings. The third-order valence-corrected chi connectivity index (χ3v) is 4.47. The third kappa shape index (κ3) is 3.64. The second-order valence-electron chi connectivity index (χ2n) is 4.74. The summed E-state index contributed by atoms with van der Waals surface area (Å²) in [6.07, 6.45) is 4.76. The maximum absolute atomic E-state index is 12.4. The van der Waals surface area contributed by atoms with Gasteiger partial charge in [-0.15, -0.1) is 0 Å². The van der Waals surface area contributed by atoms with Crippen LogP contribution in [0, 0.1) is 0 Å². The van der Waals surface area contributed by atoms with Gasteiger partial charge in [0.2, 0.25) is 0 Å². The van der Waals surface area contributed by atoms with Crippen molar-refractivity contribution in [2.75, 3.05) is 11.3 Å². The number of nitrogens with zero attached hydrogens (tertiary/aromatic N) is 3. The van der Waals surface area contributed by atoms with Crippen molar-refractivity contribution in [3.63, 3.8) is 0 Å². The van der Waals surface area contributed by atoms with Crippen LogP contribution >= 0.6 is 0 Å². The Hall–Kier alpha value is -1.80. The zero-order valence-electron chi connectivity index (χ0n) is 12.5. The molecule has 8 heteroatoms. The first-order valence-electron chi connectivity index (χ1n) is 6.87. The van der Waals surface area contributed by atoms with Crippen molar-refractivity contribution in [3.05, 3.63) is 30.4 Å². The van der Waals surface area contributed by atoms with Crippen molar-refractivity contribution in [2.24, 2.45) is 7.05 Å². The minimum absolute atomic E-state index is 0.265. The Balaban J connectivity index is 2.25. The van der Waals surface area contributed by atoms with E-state index in [1.165, 1.54) is 6.20 Å². The molecule has 0 atom stereocenters. The first-order chi connectivity index (χ1) is 9.96. The molecule has 0 unspecified atom stereocenters. The molecule has 2 aromatic heterocycles. The zero-order valence-corrected chi connectivity index (χ0v) is 13.3. The first-order valence-corrected chi connectivity index (χ1v) is 8.35. The maximum atomic E-state index is 12.4. The molecule has 0 aliphatic rings. The van der Waals surface area contributed by atoms with Gasteiger partial charge in [0.15, 0.2) is 0 Å². The Morgan fingerprint density at radius 2 is 2.05 bits per heavy atom. The predicted molar refractivity (Wildman–Crippen MR) is 81.5 cm³/mol. The van der Waals surface area contributed by atoms with E-state index in [9.17, 15) is 8.42 Å². The number of aromatic nitrogens is 3. The van der Waals surface area contributed by atoms with Gasteiger partial charge in [0.25, 0.3) is 10.0 Å². The number of rotatable bonds is 7. The summed E-state index contributed by atoms with van der Waals surface area (Å²) in [6, 6.07) is 1.70. The Bertz CT molecular complexity index is 702. The Morgan fingerprint density at radius 1 is 1.29 bits per heavy atom. The summed E-state index contributed by atoms with van der Waals surface area (Å²) in [4.78, 5) is 0.265. The fourth-order valence-electron chi connectivity index (χ4n) is 2.06. The van der Waals surface area contributed by atoms with E-state index < -0.39 is 10.0 Å². The van der Waals surface area contributed by atoms with Crippen molar-refractivity contribution >= 4 is 15.7 Å². The summed E-state index contributed by atoms with van der Waals surface area (Å²) in [5.74, 6) is 0. The van der Waals surface area contributed by atoms with Gasteiger partial charge in [0.05, 0.1) is 11.9 Å². The van der Waals surface area contributed by atoms with Crippen LogP contribution in [0.4, 0.5) is 5.69 Å². The van der Waals surface area contributed by atoms with E-state index >= 15 is 0 Å². The highest BCUT2D eigenvalue weighted by Gasteiger charge is 2.18. The summed E-state index contributed by atoms with van der Waals surface area (Å²) in [6.45, 7) is 6.21. The van der Waals surface area contributed by atoms with Crippen LogP contribution in [0.15, 0.2) is 29.6 Å². The molecule has 0 amide bonds. The van der Waals surface area contributed by atoms with E-state index in [1.54, 1.807) is 30.2 Å². The van der Waals surface area contributed by atoms with Gasteiger partial charge in [-0.1, -0.05) is 6.92 Å². The summed E-state index contributed by atoms with van der Waals surface area (Å²) < 4.78 is 30.8. The largest absolute Gasteiger partial charge is 0.349 e. The van der Waals surface area contributed by atoms with Crippen LogP contribution in [0.5, 0.6) is 0 Å². The molecule has 0 spiro atoms. The van der Waals surface area contributed by atoms with Gasteiger partial charge in [0.1, 0.15) is 4.90 Å². The molecule has 0 aromatic carbocycles. The van der Waals surface area contributed by atoms with Crippen molar-refractivity contribution in [3.8, 4) is 0 Å². The van der Waals surface area contributed by atoms with Gasteiger partial charge in [-0.2, -0.15) is 5.10 Å². The SMILES string of the molecule is CCNCc1cc(S(=O)(=O)Nc2cnn(C)c2)cn1CC. The van der Waals surface area contributed by atoms with Crippen molar-refractivity contribution in [1.29, 1.82) is 0 Å². The van der Waals surface area contributed by atoms with Gasteiger partial charge >= 0.3 is 0 Å². The van der Waals surface area contributed by atoms with E-state index in [1.807, 2.05) is 18.4 Å². The lowest BCUT2D eigenvalue weighted by Crippen LogP contribution is -2.14. The quantitative estimate of drug-likeness (QED) is 0.804. The van der Waals surface area contributed by atoms with Crippen LogP contribution in [0.2, 0.25) is 0 Å². The second kappa shape index (κ2) is 6.31. The highest BCUT2D eigenvalue weighted by atomic mass is 32.2. The molecule has 0 radical (unpaired) electrons. The number of sulfonamides is 1. The van der Waals surface area contributed by atoms with E-state index in [0.717, 1.165) is 18.8 Å². The van der Waals surface area contributed by atoms with Gasteiger partial charge in [-0.25, -0.2) is 8.42 Å². The smallest absolute Gasteiger partial charge is 0.263 e. The van der Waals surface area contributed by atoms with Gasteiger partial charge < -0.3 is 9.88 Å². The van der Waals surface area contributed by atoms with Crippen LogP contribution in [-0.2, 0) is 30.2 Å². The molecular formula is C13H21N5O2S. The molecule has 0 aliphatic heterocycles. The first kappa shape index (κ1) is 15.6. The van der Waals surface area contributed by atoms with E-state index in [0.29, 0.717) is 12.2 Å². The highest BCUT2D eigenvalue weighted by molar-refractivity contribution is 7.92. The summed E-state index contributed by atoms with van der Waals surface area (Å²) in [7, 11) is -1.85. The molecule has 0 bridgehead atoms. The lowest BCUT2D eigenvalue weighted by atomic mass is 10.4. The van der Waals surface area contributed by atoms with Crippen LogP contribution in [-0.4, -0.2) is 29.3 Å². The molecule has 116 valence electrons.